The lowest BCUT2D eigenvalue weighted by molar-refractivity contribution is -0.126. The summed E-state index contributed by atoms with van der Waals surface area (Å²) in [4.78, 5) is 12.0. The summed E-state index contributed by atoms with van der Waals surface area (Å²) in [5, 5.41) is 0.685. The summed E-state index contributed by atoms with van der Waals surface area (Å²) in [6.45, 7) is 0. The fourth-order valence-electron chi connectivity index (χ4n) is 2.53. The Morgan fingerprint density at radius 3 is 2.31 bits per heavy atom. The van der Waals surface area contributed by atoms with Crippen molar-refractivity contribution in [3.63, 3.8) is 0 Å². The van der Waals surface area contributed by atoms with Crippen molar-refractivity contribution in [1.29, 1.82) is 0 Å². The van der Waals surface area contributed by atoms with E-state index in [9.17, 15) is 4.79 Å². The summed E-state index contributed by atoms with van der Waals surface area (Å²) < 4.78 is 0. The van der Waals surface area contributed by atoms with Gasteiger partial charge in [-0.1, -0.05) is 36.6 Å². The maximum atomic E-state index is 12.0. The summed E-state index contributed by atoms with van der Waals surface area (Å²) in [5.74, 6) is 5.19. The zero-order chi connectivity index (χ0) is 11.6. The maximum Gasteiger partial charge on any atom is 0.244 e. The molecule has 86 valence electrons. The Bertz CT molecular complexity index is 383. The van der Waals surface area contributed by atoms with Crippen molar-refractivity contribution in [2.75, 3.05) is 0 Å². The molecular weight excluding hydrogens is 224 g/mol. The molecule has 1 aromatic rings. The monoisotopic (exact) mass is 238 g/mol. The molecule has 0 heterocycles. The SMILES string of the molecule is NNC(=O)C1(c2ccc(Cl)cc2)CCCC1. The minimum atomic E-state index is -0.445. The smallest absolute Gasteiger partial charge is 0.244 e. The Kier molecular flexibility index (Phi) is 3.17. The van der Waals surface area contributed by atoms with Gasteiger partial charge in [-0.15, -0.1) is 0 Å². The van der Waals surface area contributed by atoms with E-state index in [-0.39, 0.29) is 5.91 Å². The molecule has 0 atom stereocenters. The van der Waals surface area contributed by atoms with Crippen LogP contribution in [0, 0.1) is 0 Å². The number of halogens is 1. The molecule has 3 nitrogen and oxygen atoms in total. The molecule has 16 heavy (non-hydrogen) atoms. The normalized spacial score (nSPS) is 18.4. The second-order valence-electron chi connectivity index (χ2n) is 4.27. The van der Waals surface area contributed by atoms with Gasteiger partial charge in [0.05, 0.1) is 5.41 Å². The number of hydrogen-bond donors (Lipinski definition) is 2. The lowest BCUT2D eigenvalue weighted by atomic mass is 9.78. The third kappa shape index (κ3) is 1.81. The van der Waals surface area contributed by atoms with Gasteiger partial charge >= 0.3 is 0 Å². The number of amides is 1. The Labute approximate surface area is 99.9 Å². The van der Waals surface area contributed by atoms with E-state index in [0.29, 0.717) is 5.02 Å². The summed E-state index contributed by atoms with van der Waals surface area (Å²) in [6, 6.07) is 7.48. The van der Waals surface area contributed by atoms with Crippen LogP contribution in [-0.4, -0.2) is 5.91 Å². The largest absolute Gasteiger partial charge is 0.293 e. The van der Waals surface area contributed by atoms with Gasteiger partial charge in [0, 0.05) is 5.02 Å². The summed E-state index contributed by atoms with van der Waals surface area (Å²) in [7, 11) is 0. The highest BCUT2D eigenvalue weighted by Crippen LogP contribution is 2.41. The van der Waals surface area contributed by atoms with Crippen LogP contribution in [0.2, 0.25) is 5.02 Å². The predicted octanol–water partition coefficient (Wildman–Crippen LogP) is 2.14. The van der Waals surface area contributed by atoms with Gasteiger partial charge in [0.2, 0.25) is 5.91 Å². The van der Waals surface area contributed by atoms with E-state index in [1.807, 2.05) is 24.3 Å². The third-order valence-electron chi connectivity index (χ3n) is 3.42. The van der Waals surface area contributed by atoms with Crippen LogP contribution in [0.1, 0.15) is 31.2 Å². The number of carbonyl (C=O) groups excluding carboxylic acids is 1. The topological polar surface area (TPSA) is 55.1 Å². The van der Waals surface area contributed by atoms with Gasteiger partial charge in [-0.2, -0.15) is 0 Å². The Morgan fingerprint density at radius 2 is 1.81 bits per heavy atom. The van der Waals surface area contributed by atoms with Gasteiger partial charge in [0.15, 0.2) is 0 Å². The van der Waals surface area contributed by atoms with E-state index in [1.165, 1.54) is 0 Å². The number of nitrogens with two attached hydrogens (primary N) is 1. The van der Waals surface area contributed by atoms with Gasteiger partial charge in [-0.25, -0.2) is 5.84 Å². The van der Waals surface area contributed by atoms with E-state index >= 15 is 0 Å². The Hall–Kier alpha value is -1.06. The fourth-order valence-corrected chi connectivity index (χ4v) is 2.66. The minimum absolute atomic E-state index is 0.0904. The lowest BCUT2D eigenvalue weighted by Crippen LogP contribution is -2.45. The van der Waals surface area contributed by atoms with Gasteiger partial charge in [-0.3, -0.25) is 10.2 Å². The third-order valence-corrected chi connectivity index (χ3v) is 3.67. The van der Waals surface area contributed by atoms with Crippen LogP contribution in [0.15, 0.2) is 24.3 Å². The number of benzene rings is 1. The molecule has 0 aromatic heterocycles. The van der Waals surface area contributed by atoms with Crippen molar-refractivity contribution < 1.29 is 4.79 Å². The van der Waals surface area contributed by atoms with Crippen molar-refractivity contribution in [1.82, 2.24) is 5.43 Å². The second kappa shape index (κ2) is 4.44. The van der Waals surface area contributed by atoms with E-state index in [4.69, 9.17) is 17.4 Å². The fraction of sp³-hybridized carbons (Fsp3) is 0.417. The standard InChI is InChI=1S/C12H15ClN2O/c13-10-5-3-9(4-6-10)12(11(16)15-14)7-1-2-8-12/h3-6H,1-2,7-8,14H2,(H,15,16). The van der Waals surface area contributed by atoms with Crippen LogP contribution in [0.3, 0.4) is 0 Å². The highest BCUT2D eigenvalue weighted by atomic mass is 35.5. The van der Waals surface area contributed by atoms with Crippen molar-refractivity contribution in [3.8, 4) is 0 Å². The lowest BCUT2D eigenvalue weighted by Gasteiger charge is -2.27. The van der Waals surface area contributed by atoms with Gasteiger partial charge in [0.1, 0.15) is 0 Å². The number of hydrogen-bond acceptors (Lipinski definition) is 2. The predicted molar refractivity (Wildman–Crippen MR) is 63.9 cm³/mol. The Balaban J connectivity index is 2.39. The van der Waals surface area contributed by atoms with E-state index < -0.39 is 5.41 Å². The molecule has 2 rings (SSSR count). The van der Waals surface area contributed by atoms with Crippen molar-refractivity contribution >= 4 is 17.5 Å². The summed E-state index contributed by atoms with van der Waals surface area (Å²) in [5.41, 5.74) is 2.86. The zero-order valence-corrected chi connectivity index (χ0v) is 9.76. The first-order chi connectivity index (χ1) is 7.69. The first-order valence-electron chi connectivity index (χ1n) is 5.46. The molecule has 0 spiro atoms. The molecule has 1 amide bonds. The average Bonchev–Trinajstić information content (AvgIpc) is 2.79. The van der Waals surface area contributed by atoms with Crippen molar-refractivity contribution in [2.24, 2.45) is 5.84 Å². The molecule has 1 aliphatic rings. The van der Waals surface area contributed by atoms with Crippen LogP contribution in [0.4, 0.5) is 0 Å². The average molecular weight is 239 g/mol. The van der Waals surface area contributed by atoms with Gasteiger partial charge in [-0.05, 0) is 30.5 Å². The maximum absolute atomic E-state index is 12.0. The number of carbonyl (C=O) groups is 1. The van der Waals surface area contributed by atoms with E-state index in [1.54, 1.807) is 0 Å². The van der Waals surface area contributed by atoms with E-state index in [0.717, 1.165) is 31.2 Å². The van der Waals surface area contributed by atoms with Crippen LogP contribution < -0.4 is 11.3 Å². The highest BCUT2D eigenvalue weighted by molar-refractivity contribution is 6.30. The quantitative estimate of drug-likeness (QED) is 0.471. The molecule has 0 aliphatic heterocycles. The van der Waals surface area contributed by atoms with Gasteiger partial charge < -0.3 is 0 Å². The van der Waals surface area contributed by atoms with E-state index in [2.05, 4.69) is 5.43 Å². The first-order valence-corrected chi connectivity index (χ1v) is 5.84. The van der Waals surface area contributed by atoms with Crippen molar-refractivity contribution in [3.05, 3.63) is 34.9 Å². The molecule has 3 N–H and O–H groups in total. The minimum Gasteiger partial charge on any atom is -0.293 e. The molecule has 1 saturated carbocycles. The molecule has 1 aliphatic carbocycles. The molecule has 0 unspecified atom stereocenters. The summed E-state index contributed by atoms with van der Waals surface area (Å²) in [6.07, 6.45) is 3.85. The van der Waals surface area contributed by atoms with Crippen LogP contribution >= 0.6 is 11.6 Å². The molecular formula is C12H15ClN2O. The second-order valence-corrected chi connectivity index (χ2v) is 4.71. The molecule has 0 radical (unpaired) electrons. The molecule has 0 saturated heterocycles. The molecule has 0 bridgehead atoms. The van der Waals surface area contributed by atoms with Crippen molar-refractivity contribution in [2.45, 2.75) is 31.1 Å². The van der Waals surface area contributed by atoms with Crippen LogP contribution in [-0.2, 0) is 10.2 Å². The molecule has 1 fully saturated rings. The Morgan fingerprint density at radius 1 is 1.25 bits per heavy atom. The highest BCUT2D eigenvalue weighted by Gasteiger charge is 2.42. The summed E-state index contributed by atoms with van der Waals surface area (Å²) >= 11 is 5.85. The number of hydrazine groups is 1. The van der Waals surface area contributed by atoms with Crippen LogP contribution in [0.5, 0.6) is 0 Å². The van der Waals surface area contributed by atoms with Gasteiger partial charge in [0.25, 0.3) is 0 Å². The number of rotatable bonds is 2. The number of nitrogens with one attached hydrogen (secondary N) is 1. The molecule has 4 heteroatoms. The first kappa shape index (κ1) is 11.4. The zero-order valence-electron chi connectivity index (χ0n) is 9.00. The molecule has 1 aromatic carbocycles. The van der Waals surface area contributed by atoms with Crippen LogP contribution in [0.25, 0.3) is 0 Å².